The summed E-state index contributed by atoms with van der Waals surface area (Å²) in [6.45, 7) is 6.24. The maximum absolute atomic E-state index is 13.6. The van der Waals surface area contributed by atoms with E-state index in [0.717, 1.165) is 24.8 Å². The number of rotatable bonds is 4. The van der Waals surface area contributed by atoms with Crippen molar-refractivity contribution in [3.8, 4) is 0 Å². The van der Waals surface area contributed by atoms with Gasteiger partial charge in [0.25, 0.3) is 0 Å². The minimum absolute atomic E-state index is 0.122. The Kier molecular flexibility index (Phi) is 3.74. The molecule has 1 aliphatic rings. The molecule has 0 aromatic heterocycles. The highest BCUT2D eigenvalue weighted by Crippen LogP contribution is 2.31. The van der Waals surface area contributed by atoms with Crippen LogP contribution >= 0.6 is 0 Å². The highest BCUT2D eigenvalue weighted by atomic mass is 19.1. The Morgan fingerprint density at radius 1 is 1.33 bits per heavy atom. The number of aliphatic hydroxyl groups is 1. The van der Waals surface area contributed by atoms with Crippen LogP contribution in [-0.2, 0) is 0 Å². The van der Waals surface area contributed by atoms with E-state index < -0.39 is 5.60 Å². The summed E-state index contributed by atoms with van der Waals surface area (Å²) >= 11 is 0. The van der Waals surface area contributed by atoms with Crippen molar-refractivity contribution in [2.24, 2.45) is 0 Å². The molecule has 2 nitrogen and oxygen atoms in total. The molecule has 1 atom stereocenters. The Morgan fingerprint density at radius 2 is 1.89 bits per heavy atom. The molecular weight excluding hydrogens is 229 g/mol. The third-order valence-electron chi connectivity index (χ3n) is 3.98. The van der Waals surface area contributed by atoms with Gasteiger partial charge in [-0.3, -0.25) is 0 Å². The van der Waals surface area contributed by atoms with Gasteiger partial charge in [-0.15, -0.1) is 0 Å². The quantitative estimate of drug-likeness (QED) is 0.862. The number of nitrogens with one attached hydrogen (secondary N) is 1. The zero-order valence-electron chi connectivity index (χ0n) is 11.4. The molecular formula is C15H22FNO. The van der Waals surface area contributed by atoms with Crippen molar-refractivity contribution in [1.82, 2.24) is 5.32 Å². The fraction of sp³-hybridized carbons (Fsp3) is 0.600. The van der Waals surface area contributed by atoms with Gasteiger partial charge in [-0.05, 0) is 56.7 Å². The SMILES string of the molecule is Cc1cc(C(C)NCC2(O)CCC2)cc(C)c1F. The van der Waals surface area contributed by atoms with Gasteiger partial charge in [-0.1, -0.05) is 12.1 Å². The van der Waals surface area contributed by atoms with Crippen LogP contribution in [-0.4, -0.2) is 17.3 Å². The molecule has 1 unspecified atom stereocenters. The van der Waals surface area contributed by atoms with E-state index in [2.05, 4.69) is 5.32 Å². The van der Waals surface area contributed by atoms with Crippen molar-refractivity contribution in [3.05, 3.63) is 34.6 Å². The van der Waals surface area contributed by atoms with Gasteiger partial charge < -0.3 is 10.4 Å². The number of aryl methyl sites for hydroxylation is 2. The summed E-state index contributed by atoms with van der Waals surface area (Å²) in [5, 5.41) is 13.4. The van der Waals surface area contributed by atoms with Gasteiger partial charge in [-0.2, -0.15) is 0 Å². The standard InChI is InChI=1S/C15H22FNO/c1-10-7-13(8-11(2)14(10)16)12(3)17-9-15(18)5-4-6-15/h7-8,12,17-18H,4-6,9H2,1-3H3. The Hall–Kier alpha value is -0.930. The average molecular weight is 251 g/mol. The van der Waals surface area contributed by atoms with Gasteiger partial charge in [0.1, 0.15) is 5.82 Å². The largest absolute Gasteiger partial charge is 0.389 e. The summed E-state index contributed by atoms with van der Waals surface area (Å²) in [4.78, 5) is 0. The molecule has 0 spiro atoms. The van der Waals surface area contributed by atoms with E-state index in [1.54, 1.807) is 13.8 Å². The summed E-state index contributed by atoms with van der Waals surface area (Å²) in [5.74, 6) is -0.122. The van der Waals surface area contributed by atoms with Crippen LogP contribution < -0.4 is 5.32 Å². The van der Waals surface area contributed by atoms with Crippen LogP contribution in [0.4, 0.5) is 4.39 Å². The van der Waals surface area contributed by atoms with Crippen LogP contribution in [0.15, 0.2) is 12.1 Å². The van der Waals surface area contributed by atoms with E-state index in [1.807, 2.05) is 19.1 Å². The Labute approximate surface area is 108 Å². The number of halogens is 1. The van der Waals surface area contributed by atoms with Crippen molar-refractivity contribution in [3.63, 3.8) is 0 Å². The Bertz CT molecular complexity index is 417. The number of hydrogen-bond acceptors (Lipinski definition) is 2. The molecule has 100 valence electrons. The van der Waals surface area contributed by atoms with E-state index in [0.29, 0.717) is 17.7 Å². The summed E-state index contributed by atoms with van der Waals surface area (Å²) in [7, 11) is 0. The van der Waals surface area contributed by atoms with Gasteiger partial charge >= 0.3 is 0 Å². The van der Waals surface area contributed by atoms with E-state index in [4.69, 9.17) is 0 Å². The van der Waals surface area contributed by atoms with E-state index in [9.17, 15) is 9.50 Å². The second kappa shape index (κ2) is 4.98. The molecule has 1 fully saturated rings. The molecule has 2 N–H and O–H groups in total. The first kappa shape index (κ1) is 13.5. The van der Waals surface area contributed by atoms with Crippen molar-refractivity contribution in [1.29, 1.82) is 0 Å². The van der Waals surface area contributed by atoms with Crippen LogP contribution in [0.1, 0.15) is 48.9 Å². The molecule has 18 heavy (non-hydrogen) atoms. The van der Waals surface area contributed by atoms with Crippen LogP contribution in [0.25, 0.3) is 0 Å². The summed E-state index contributed by atoms with van der Waals surface area (Å²) in [6, 6.07) is 3.89. The van der Waals surface area contributed by atoms with E-state index >= 15 is 0 Å². The first-order valence-corrected chi connectivity index (χ1v) is 6.64. The molecule has 0 amide bonds. The van der Waals surface area contributed by atoms with Crippen LogP contribution in [0, 0.1) is 19.7 Å². The van der Waals surface area contributed by atoms with Crippen molar-refractivity contribution in [2.75, 3.05) is 6.54 Å². The van der Waals surface area contributed by atoms with Gasteiger partial charge in [0.2, 0.25) is 0 Å². The molecule has 0 heterocycles. The zero-order chi connectivity index (χ0) is 13.3. The maximum atomic E-state index is 13.6. The third kappa shape index (κ3) is 2.73. The molecule has 0 aliphatic heterocycles. The Morgan fingerprint density at radius 3 is 2.33 bits per heavy atom. The number of hydrogen-bond donors (Lipinski definition) is 2. The molecule has 0 radical (unpaired) electrons. The minimum atomic E-state index is -0.515. The molecule has 0 bridgehead atoms. The first-order valence-electron chi connectivity index (χ1n) is 6.64. The lowest BCUT2D eigenvalue weighted by atomic mass is 9.80. The highest BCUT2D eigenvalue weighted by Gasteiger charge is 2.34. The predicted molar refractivity (Wildman–Crippen MR) is 71.1 cm³/mol. The highest BCUT2D eigenvalue weighted by molar-refractivity contribution is 5.32. The summed E-state index contributed by atoms with van der Waals surface area (Å²) in [5.41, 5.74) is 1.93. The third-order valence-corrected chi connectivity index (χ3v) is 3.98. The maximum Gasteiger partial charge on any atom is 0.129 e. The second-order valence-corrected chi connectivity index (χ2v) is 5.65. The van der Waals surface area contributed by atoms with Gasteiger partial charge in [0.15, 0.2) is 0 Å². The van der Waals surface area contributed by atoms with Crippen LogP contribution in [0.3, 0.4) is 0 Å². The van der Waals surface area contributed by atoms with Crippen molar-refractivity contribution < 1.29 is 9.50 Å². The normalized spacial score (nSPS) is 19.4. The molecule has 0 saturated heterocycles. The lowest BCUT2D eigenvalue weighted by Crippen LogP contribution is -2.46. The van der Waals surface area contributed by atoms with E-state index in [-0.39, 0.29) is 11.9 Å². The van der Waals surface area contributed by atoms with Gasteiger partial charge in [0.05, 0.1) is 5.60 Å². The molecule has 1 aliphatic carbocycles. The minimum Gasteiger partial charge on any atom is -0.389 e. The smallest absolute Gasteiger partial charge is 0.129 e. The lowest BCUT2D eigenvalue weighted by molar-refractivity contribution is -0.0329. The Balaban J connectivity index is 2.02. The molecule has 2 rings (SSSR count). The molecule has 1 aromatic rings. The molecule has 1 aromatic carbocycles. The molecule has 3 heteroatoms. The fourth-order valence-electron chi connectivity index (χ4n) is 2.45. The van der Waals surface area contributed by atoms with Crippen molar-refractivity contribution >= 4 is 0 Å². The number of benzene rings is 1. The predicted octanol–water partition coefficient (Wildman–Crippen LogP) is 3.01. The average Bonchev–Trinajstić information content (AvgIpc) is 2.30. The van der Waals surface area contributed by atoms with Gasteiger partial charge in [-0.25, -0.2) is 4.39 Å². The topological polar surface area (TPSA) is 32.3 Å². The summed E-state index contributed by atoms with van der Waals surface area (Å²) in [6.07, 6.45) is 2.88. The van der Waals surface area contributed by atoms with Crippen molar-refractivity contribution in [2.45, 2.75) is 51.7 Å². The first-order chi connectivity index (χ1) is 8.41. The van der Waals surface area contributed by atoms with Crippen LogP contribution in [0.2, 0.25) is 0 Å². The monoisotopic (exact) mass is 251 g/mol. The lowest BCUT2D eigenvalue weighted by Gasteiger charge is -2.37. The van der Waals surface area contributed by atoms with E-state index in [1.165, 1.54) is 0 Å². The summed E-state index contributed by atoms with van der Waals surface area (Å²) < 4.78 is 13.6. The molecule has 1 saturated carbocycles. The zero-order valence-corrected chi connectivity index (χ0v) is 11.4. The van der Waals surface area contributed by atoms with Crippen LogP contribution in [0.5, 0.6) is 0 Å². The second-order valence-electron chi connectivity index (χ2n) is 5.65. The van der Waals surface area contributed by atoms with Gasteiger partial charge in [0, 0.05) is 12.6 Å². The fourth-order valence-corrected chi connectivity index (χ4v) is 2.45.